The number of anilines is 4. The molecule has 1 saturated carbocycles. The zero-order valence-electron chi connectivity index (χ0n) is 66.2. The molecule has 0 aromatic heterocycles. The molecule has 9 rings (SSSR count). The van der Waals surface area contributed by atoms with Crippen LogP contribution in [0.5, 0.6) is 0 Å². The third-order valence-electron chi connectivity index (χ3n) is 19.2. The number of thiocarbonyl (C=S) groups is 1. The summed E-state index contributed by atoms with van der Waals surface area (Å²) < 4.78 is 50.0. The molecule has 1 aliphatic heterocycles. The second-order valence-electron chi connectivity index (χ2n) is 29.1. The predicted molar refractivity (Wildman–Crippen MR) is 437 cm³/mol. The highest BCUT2D eigenvalue weighted by Gasteiger charge is 2.60. The Morgan fingerprint density at radius 1 is 0.530 bits per heavy atom. The molecule has 27 nitrogen and oxygen atoms in total. The molecule has 0 bridgehead atoms. The lowest BCUT2D eigenvalue weighted by molar-refractivity contribution is -0.385. The zero-order chi connectivity index (χ0) is 86.0. The van der Waals surface area contributed by atoms with Crippen LogP contribution in [0.15, 0.2) is 164 Å². The number of esters is 2. The van der Waals surface area contributed by atoms with E-state index >= 15 is 0 Å². The van der Waals surface area contributed by atoms with Crippen LogP contribution >= 0.6 is 12.2 Å². The van der Waals surface area contributed by atoms with Crippen molar-refractivity contribution in [2.24, 2.45) is 16.2 Å². The number of aliphatic carboxylic acids is 2. The number of nitrogen functional groups attached to an aromatic ring is 2. The summed E-state index contributed by atoms with van der Waals surface area (Å²) in [7, 11) is 6.01. The molecule has 1 heterocycles. The molecule has 7 aromatic rings. The number of ether oxygens (including phenoxy) is 2. The number of carbonyl (C=O) groups is 7. The number of benzene rings is 7. The fraction of sp³-hybridized carbons (Fsp3) is 0.393. The third-order valence-corrected chi connectivity index (χ3v) is 19.5. The maximum absolute atomic E-state index is 13.6. The molecule has 2 aliphatic rings. The van der Waals surface area contributed by atoms with Crippen LogP contribution in [-0.2, 0) is 87.7 Å². The first-order valence-electron chi connectivity index (χ1n) is 36.9. The van der Waals surface area contributed by atoms with Crippen LogP contribution in [-0.4, -0.2) is 106 Å². The van der Waals surface area contributed by atoms with Gasteiger partial charge in [0.15, 0.2) is 10.8 Å². The Hall–Kier alpha value is -12.2. The summed E-state index contributed by atoms with van der Waals surface area (Å²) in [6.07, 6.45) is 6.27. The van der Waals surface area contributed by atoms with Gasteiger partial charge in [-0.1, -0.05) is 107 Å². The molecule has 1 saturated heterocycles. The number of nitrogens with two attached hydrogens (primary N) is 2. The molecular formula is C84H101F3N10O17S. The van der Waals surface area contributed by atoms with E-state index in [1.54, 1.807) is 55.4 Å². The number of hydrogen-bond acceptors (Lipinski definition) is 18. The highest BCUT2D eigenvalue weighted by Crippen LogP contribution is 2.49. The van der Waals surface area contributed by atoms with Crippen molar-refractivity contribution < 1.29 is 81.2 Å². The topological polar surface area (TPSA) is 395 Å². The van der Waals surface area contributed by atoms with Gasteiger partial charge in [0.05, 0.1) is 46.5 Å². The normalized spacial score (nSPS) is 12.6. The molecule has 1 spiro atoms. The minimum absolute atomic E-state index is 0.00319. The lowest BCUT2D eigenvalue weighted by Crippen LogP contribution is -2.55. The van der Waals surface area contributed by atoms with E-state index in [1.807, 2.05) is 114 Å². The number of methoxy groups -OCH3 is 2. The van der Waals surface area contributed by atoms with Crippen molar-refractivity contribution in [3.63, 3.8) is 0 Å². The summed E-state index contributed by atoms with van der Waals surface area (Å²) in [6, 6.07) is 45.0. The van der Waals surface area contributed by atoms with Crippen molar-refractivity contribution in [3.05, 3.63) is 244 Å². The maximum Gasteiger partial charge on any atom is 0.407 e. The molecule has 0 atom stereocenters. The first-order chi connectivity index (χ1) is 54.1. The Morgan fingerprint density at radius 2 is 0.861 bits per heavy atom. The summed E-state index contributed by atoms with van der Waals surface area (Å²) in [5, 5.41) is 53.6. The molecular weight excluding hydrogens is 1510 g/mol. The number of nitrogens with one attached hydrogen (secondary N) is 2. The van der Waals surface area contributed by atoms with Gasteiger partial charge < -0.3 is 46.7 Å². The second kappa shape index (κ2) is 44.9. The lowest BCUT2D eigenvalue weighted by Gasteiger charge is -2.43. The monoisotopic (exact) mass is 1610 g/mol. The van der Waals surface area contributed by atoms with Gasteiger partial charge in [0.25, 0.3) is 23.0 Å². The molecule has 8 N–H and O–H groups in total. The van der Waals surface area contributed by atoms with Crippen molar-refractivity contribution in [2.45, 2.75) is 169 Å². The van der Waals surface area contributed by atoms with Crippen molar-refractivity contribution in [1.29, 1.82) is 0 Å². The van der Waals surface area contributed by atoms with Gasteiger partial charge in [-0.05, 0) is 204 Å². The van der Waals surface area contributed by atoms with E-state index in [1.165, 1.54) is 62.2 Å². The number of nitro groups is 3. The van der Waals surface area contributed by atoms with E-state index in [9.17, 15) is 77.1 Å². The summed E-state index contributed by atoms with van der Waals surface area (Å²) in [4.78, 5) is 116. The van der Waals surface area contributed by atoms with Gasteiger partial charge in [-0.25, -0.2) is 4.85 Å². The molecule has 31 heteroatoms. The Balaban J connectivity index is 0.000000307. The van der Waals surface area contributed by atoms with Gasteiger partial charge in [0.2, 0.25) is 11.8 Å². The SMILES string of the molecule is CNC(=O)C(C)(C)CCc1ccc(N)cc1.COC(=O)C(C)(C)CCc1ccc([N+](=O)[O-])cc1.COC(=O)CCCc1ccc([N+](=O)[O-])cc1.Nc1ccc(CCCC(=O)O)cc1.O=C(O)CCCc1ccc([N+](=O)[O-])cc1.[C-]#[N+]c1ccc(N2C(=O)C3(CCC3)N(c3ccc(CCC(C)(C)C(=O)NC)cc3)C2=S)cc1C(F)(F)F. The standard InChI is InChI=1S/C27H27F3N4O2S.C13H20N2O.C13H17NO4.C11H13NO4.C10H11NO4.C10H13NO2/c1-25(2,22(35)32-4)15-12-17-6-8-18(9-7-17)34-24(37)33(23(36)26(34)13-5-14-26)19-10-11-21(31-3)20(16-19)27(28,29)30;1-13(2,12(16)15-3)9-8-10-4-6-11(14)7-5-10;1-13(2,12(15)18-3)9-8-10-4-6-11(7-5-10)14(16)17;1-16-11(13)4-2-3-9-5-7-10(8-6-9)12(14)15;12-10(13)3-1-2-8-4-6-9(7-5-8)11(14)15;11-9-6-4-8(5-7-9)2-1-3-10(12)13/h6-11,16H,5,12-15H2,1-2,4H3,(H,32,35);4-7H,8-9,14H2,1-3H3,(H,15,16);4-7H,8-9H2,1-3H3;5-8H,2-4H2,1H3;4-7H,1-3H2,(H,12,13);4-7H,1-3,11H2,(H,12,13). The molecule has 0 radical (unpaired) electrons. The predicted octanol–water partition coefficient (Wildman–Crippen LogP) is 16.5. The summed E-state index contributed by atoms with van der Waals surface area (Å²) in [5.41, 5.74) is 15.8. The van der Waals surface area contributed by atoms with Crippen LogP contribution in [0.1, 0.15) is 158 Å². The summed E-state index contributed by atoms with van der Waals surface area (Å²) in [6.45, 7) is 18.4. The van der Waals surface area contributed by atoms with Gasteiger partial charge >= 0.3 is 30.1 Å². The molecule has 115 heavy (non-hydrogen) atoms. The van der Waals surface area contributed by atoms with Gasteiger partial charge in [-0.3, -0.25) is 68.8 Å². The number of carboxylic acid groups (broad SMARTS) is 2. The quantitative estimate of drug-likeness (QED) is 0.00633. The number of rotatable bonds is 29. The molecule has 616 valence electrons. The first kappa shape index (κ1) is 95.2. The highest BCUT2D eigenvalue weighted by molar-refractivity contribution is 7.81. The van der Waals surface area contributed by atoms with E-state index in [0.717, 1.165) is 81.9 Å². The zero-order valence-corrected chi connectivity index (χ0v) is 67.0. The van der Waals surface area contributed by atoms with E-state index in [2.05, 4.69) is 20.2 Å². The Morgan fingerprint density at radius 3 is 1.17 bits per heavy atom. The van der Waals surface area contributed by atoms with E-state index in [-0.39, 0.29) is 75.8 Å². The van der Waals surface area contributed by atoms with Crippen molar-refractivity contribution in [1.82, 2.24) is 10.6 Å². The number of alkyl halides is 3. The van der Waals surface area contributed by atoms with Crippen LogP contribution in [0.25, 0.3) is 4.85 Å². The average Bonchev–Trinajstić information content (AvgIpc) is 1.56. The molecule has 1 aliphatic carbocycles. The van der Waals surface area contributed by atoms with Gasteiger partial charge in [0, 0.05) is 103 Å². The molecule has 7 aromatic carbocycles. The number of nitro benzene ring substituents is 3. The van der Waals surface area contributed by atoms with Crippen LogP contribution in [0.4, 0.5) is 58.7 Å². The van der Waals surface area contributed by atoms with Crippen LogP contribution < -0.4 is 31.9 Å². The molecule has 3 amide bonds. The number of halogens is 3. The largest absolute Gasteiger partial charge is 0.481 e. The number of hydrogen-bond donors (Lipinski definition) is 6. The number of carboxylic acids is 2. The van der Waals surface area contributed by atoms with E-state index < -0.39 is 60.5 Å². The van der Waals surface area contributed by atoms with Crippen molar-refractivity contribution in [2.75, 3.05) is 49.6 Å². The maximum atomic E-state index is 13.6. The number of non-ortho nitro benzene ring substituents is 3. The number of nitrogens with zero attached hydrogens (tertiary/aromatic N) is 6. The summed E-state index contributed by atoms with van der Waals surface area (Å²) in [5.74, 6) is -2.35. The van der Waals surface area contributed by atoms with Crippen LogP contribution in [0.2, 0.25) is 0 Å². The Kier molecular flexibility index (Phi) is 37.1. The van der Waals surface area contributed by atoms with E-state index in [4.69, 9.17) is 45.2 Å². The fourth-order valence-electron chi connectivity index (χ4n) is 11.8. The van der Waals surface area contributed by atoms with Crippen LogP contribution in [0.3, 0.4) is 0 Å². The Bertz CT molecular complexity index is 4500. The van der Waals surface area contributed by atoms with Crippen molar-refractivity contribution >= 4 is 104 Å². The summed E-state index contributed by atoms with van der Waals surface area (Å²) >= 11 is 5.67. The average molecular weight is 1610 g/mol. The smallest absolute Gasteiger partial charge is 0.407 e. The second-order valence-corrected chi connectivity index (χ2v) is 29.5. The minimum atomic E-state index is -4.74. The molecule has 2 fully saturated rings. The van der Waals surface area contributed by atoms with Crippen LogP contribution in [0, 0.1) is 53.2 Å². The number of amides is 3. The fourth-order valence-corrected chi connectivity index (χ4v) is 12.3. The highest BCUT2D eigenvalue weighted by atomic mass is 32.1. The van der Waals surface area contributed by atoms with Gasteiger partial charge in [0.1, 0.15) is 5.54 Å². The van der Waals surface area contributed by atoms with Gasteiger partial charge in [-0.15, -0.1) is 0 Å². The minimum Gasteiger partial charge on any atom is -0.481 e. The number of carbonyl (C=O) groups excluding carboxylic acids is 5. The van der Waals surface area contributed by atoms with E-state index in [0.29, 0.717) is 82.7 Å². The third kappa shape index (κ3) is 30.3. The van der Waals surface area contributed by atoms with Gasteiger partial charge in [-0.2, -0.15) is 13.2 Å². The van der Waals surface area contributed by atoms with Crippen molar-refractivity contribution in [3.8, 4) is 0 Å². The lowest BCUT2D eigenvalue weighted by atomic mass is 9.75. The molecule has 0 unspecified atom stereocenters. The number of aryl methyl sites for hydroxylation is 6. The first-order valence-corrected chi connectivity index (χ1v) is 37.3. The Labute approximate surface area is 672 Å².